The fraction of sp³-hybridized carbons (Fsp3) is 0.300. The second kappa shape index (κ2) is 4.29. The topological polar surface area (TPSA) is 83.5 Å². The molecule has 92 valence electrons. The Morgan fingerprint density at radius 3 is 2.59 bits per heavy atom. The molecular weight excluding hydrogens is 266 g/mol. The SMILES string of the molecule is O=C(O)c1ccc(Cl)c(S(=O)(=O)NC2CC2)c1. The normalized spacial score (nSPS) is 15.8. The molecule has 5 nitrogen and oxygen atoms in total. The molecule has 7 heteroatoms. The Labute approximate surface area is 103 Å². The number of benzene rings is 1. The molecule has 1 aromatic carbocycles. The maximum atomic E-state index is 11.9. The first-order valence-electron chi connectivity index (χ1n) is 4.95. The van der Waals surface area contributed by atoms with E-state index in [-0.39, 0.29) is 21.5 Å². The van der Waals surface area contributed by atoms with Gasteiger partial charge in [-0.1, -0.05) is 11.6 Å². The van der Waals surface area contributed by atoms with Gasteiger partial charge < -0.3 is 5.11 Å². The number of hydrogen-bond acceptors (Lipinski definition) is 3. The molecular formula is C10H10ClNO4S. The molecule has 0 atom stereocenters. The van der Waals surface area contributed by atoms with Crippen LogP contribution in [0.5, 0.6) is 0 Å². The van der Waals surface area contributed by atoms with Crippen LogP contribution in [0.3, 0.4) is 0 Å². The van der Waals surface area contributed by atoms with Crippen molar-refractivity contribution < 1.29 is 18.3 Å². The van der Waals surface area contributed by atoms with E-state index in [1.165, 1.54) is 12.1 Å². The first-order chi connectivity index (χ1) is 7.90. The zero-order chi connectivity index (χ0) is 12.6. The molecule has 0 spiro atoms. The fourth-order valence-corrected chi connectivity index (χ4v) is 3.16. The van der Waals surface area contributed by atoms with Crippen LogP contribution >= 0.6 is 11.6 Å². The number of sulfonamides is 1. The minimum atomic E-state index is -3.73. The number of carboxylic acids is 1. The van der Waals surface area contributed by atoms with Gasteiger partial charge in [-0.2, -0.15) is 0 Å². The van der Waals surface area contributed by atoms with Gasteiger partial charge in [0.1, 0.15) is 4.90 Å². The molecule has 1 fully saturated rings. The summed E-state index contributed by atoms with van der Waals surface area (Å²) in [6, 6.07) is 3.55. The van der Waals surface area contributed by atoms with Gasteiger partial charge in [0.05, 0.1) is 10.6 Å². The van der Waals surface area contributed by atoms with Crippen LogP contribution in [0.15, 0.2) is 23.1 Å². The van der Waals surface area contributed by atoms with Crippen molar-refractivity contribution >= 4 is 27.6 Å². The molecule has 17 heavy (non-hydrogen) atoms. The summed E-state index contributed by atoms with van der Waals surface area (Å²) in [4.78, 5) is 10.6. The lowest BCUT2D eigenvalue weighted by Gasteiger charge is -2.08. The molecule has 0 unspecified atom stereocenters. The van der Waals surface area contributed by atoms with E-state index >= 15 is 0 Å². The zero-order valence-electron chi connectivity index (χ0n) is 8.68. The molecule has 0 amide bonds. The van der Waals surface area contributed by atoms with E-state index in [0.29, 0.717) is 0 Å². The molecule has 1 aliphatic carbocycles. The standard InChI is InChI=1S/C10H10ClNO4S/c11-8-4-1-6(10(13)14)5-9(8)17(15,16)12-7-2-3-7/h1,4-5,7,12H,2-3H2,(H,13,14). The average molecular weight is 276 g/mol. The van der Waals surface area contributed by atoms with Crippen LogP contribution in [0.4, 0.5) is 0 Å². The molecule has 0 saturated heterocycles. The lowest BCUT2D eigenvalue weighted by atomic mass is 10.2. The summed E-state index contributed by atoms with van der Waals surface area (Å²) in [5.74, 6) is -1.19. The summed E-state index contributed by atoms with van der Waals surface area (Å²) in [5.41, 5.74) is -0.106. The molecule has 1 aromatic rings. The van der Waals surface area contributed by atoms with Gasteiger partial charge in [-0.15, -0.1) is 0 Å². The van der Waals surface area contributed by atoms with Crippen LogP contribution < -0.4 is 4.72 Å². The molecule has 2 N–H and O–H groups in total. The largest absolute Gasteiger partial charge is 0.478 e. The van der Waals surface area contributed by atoms with Crippen LogP contribution in [-0.2, 0) is 10.0 Å². The molecule has 0 aromatic heterocycles. The van der Waals surface area contributed by atoms with E-state index in [2.05, 4.69) is 4.72 Å². The van der Waals surface area contributed by atoms with Crippen LogP contribution in [0.2, 0.25) is 5.02 Å². The second-order valence-electron chi connectivity index (χ2n) is 3.85. The predicted octanol–water partition coefficient (Wildman–Crippen LogP) is 1.48. The molecule has 1 saturated carbocycles. The van der Waals surface area contributed by atoms with Crippen molar-refractivity contribution in [3.8, 4) is 0 Å². The third kappa shape index (κ3) is 2.77. The minimum absolute atomic E-state index is 0.0168. The lowest BCUT2D eigenvalue weighted by molar-refractivity contribution is 0.0696. The highest BCUT2D eigenvalue weighted by molar-refractivity contribution is 7.89. The Morgan fingerprint density at radius 2 is 2.06 bits per heavy atom. The van der Waals surface area contributed by atoms with Crippen molar-refractivity contribution in [2.24, 2.45) is 0 Å². The molecule has 0 heterocycles. The van der Waals surface area contributed by atoms with E-state index in [1.54, 1.807) is 0 Å². The Hall–Kier alpha value is -1.11. The predicted molar refractivity (Wildman–Crippen MR) is 61.8 cm³/mol. The zero-order valence-corrected chi connectivity index (χ0v) is 10.3. The number of aromatic carboxylic acids is 1. The van der Waals surface area contributed by atoms with Crippen LogP contribution in [0, 0.1) is 0 Å². The van der Waals surface area contributed by atoms with Crippen molar-refractivity contribution in [3.05, 3.63) is 28.8 Å². The number of carbonyl (C=O) groups is 1. The maximum absolute atomic E-state index is 11.9. The third-order valence-electron chi connectivity index (χ3n) is 2.37. The highest BCUT2D eigenvalue weighted by atomic mass is 35.5. The number of rotatable bonds is 4. The Morgan fingerprint density at radius 1 is 1.41 bits per heavy atom. The molecule has 1 aliphatic rings. The van der Waals surface area contributed by atoms with Crippen molar-refractivity contribution in [1.82, 2.24) is 4.72 Å². The highest BCUT2D eigenvalue weighted by Gasteiger charge is 2.29. The maximum Gasteiger partial charge on any atom is 0.335 e. The van der Waals surface area contributed by atoms with Gasteiger partial charge in [-0.25, -0.2) is 17.9 Å². The van der Waals surface area contributed by atoms with E-state index in [1.807, 2.05) is 0 Å². The van der Waals surface area contributed by atoms with Gasteiger partial charge in [-0.05, 0) is 31.0 Å². The summed E-state index contributed by atoms with van der Waals surface area (Å²) in [6.07, 6.45) is 1.60. The number of nitrogens with one attached hydrogen (secondary N) is 1. The van der Waals surface area contributed by atoms with Gasteiger partial charge in [0.25, 0.3) is 0 Å². The van der Waals surface area contributed by atoms with E-state index < -0.39 is 16.0 Å². The smallest absolute Gasteiger partial charge is 0.335 e. The van der Waals surface area contributed by atoms with Crippen LogP contribution in [0.1, 0.15) is 23.2 Å². The highest BCUT2D eigenvalue weighted by Crippen LogP contribution is 2.26. The molecule has 2 rings (SSSR count). The number of carboxylic acid groups (broad SMARTS) is 1. The number of hydrogen-bond donors (Lipinski definition) is 2. The van der Waals surface area contributed by atoms with E-state index in [0.717, 1.165) is 18.9 Å². The summed E-state index contributed by atoms with van der Waals surface area (Å²) in [5, 5.41) is 8.82. The monoisotopic (exact) mass is 275 g/mol. The first kappa shape index (κ1) is 12.3. The van der Waals surface area contributed by atoms with E-state index in [9.17, 15) is 13.2 Å². The Balaban J connectivity index is 2.42. The molecule has 0 radical (unpaired) electrons. The lowest BCUT2D eigenvalue weighted by Crippen LogP contribution is -2.26. The van der Waals surface area contributed by atoms with Gasteiger partial charge in [0, 0.05) is 6.04 Å². The van der Waals surface area contributed by atoms with E-state index in [4.69, 9.17) is 16.7 Å². The summed E-state index contributed by atoms with van der Waals surface area (Å²) in [6.45, 7) is 0. The van der Waals surface area contributed by atoms with Crippen molar-refractivity contribution in [1.29, 1.82) is 0 Å². The third-order valence-corrected chi connectivity index (χ3v) is 4.37. The van der Waals surface area contributed by atoms with Gasteiger partial charge >= 0.3 is 5.97 Å². The quantitative estimate of drug-likeness (QED) is 0.872. The van der Waals surface area contributed by atoms with Gasteiger partial charge in [0.15, 0.2) is 0 Å². The number of halogens is 1. The molecule has 0 aliphatic heterocycles. The van der Waals surface area contributed by atoms with Crippen molar-refractivity contribution in [3.63, 3.8) is 0 Å². The minimum Gasteiger partial charge on any atom is -0.478 e. The summed E-state index contributed by atoms with van der Waals surface area (Å²) >= 11 is 5.78. The molecule has 0 bridgehead atoms. The van der Waals surface area contributed by atoms with Gasteiger partial charge in [-0.3, -0.25) is 0 Å². The van der Waals surface area contributed by atoms with Crippen LogP contribution in [0.25, 0.3) is 0 Å². The van der Waals surface area contributed by atoms with Crippen LogP contribution in [-0.4, -0.2) is 25.5 Å². The second-order valence-corrected chi connectivity index (χ2v) is 5.94. The Bertz CT molecular complexity index is 566. The first-order valence-corrected chi connectivity index (χ1v) is 6.81. The summed E-state index contributed by atoms with van der Waals surface area (Å²) in [7, 11) is -3.73. The Kier molecular flexibility index (Phi) is 3.11. The van der Waals surface area contributed by atoms with Crippen molar-refractivity contribution in [2.75, 3.05) is 0 Å². The van der Waals surface area contributed by atoms with Crippen molar-refractivity contribution in [2.45, 2.75) is 23.8 Å². The average Bonchev–Trinajstić information content (AvgIpc) is 3.00. The van der Waals surface area contributed by atoms with Gasteiger partial charge in [0.2, 0.25) is 10.0 Å². The summed E-state index contributed by atoms with van der Waals surface area (Å²) < 4.78 is 26.2. The fourth-order valence-electron chi connectivity index (χ4n) is 1.33.